The first-order valence-electron chi connectivity index (χ1n) is 10.6. The Morgan fingerprint density at radius 3 is 2.53 bits per heavy atom. The van der Waals surface area contributed by atoms with E-state index < -0.39 is 12.7 Å². The van der Waals surface area contributed by atoms with E-state index in [0.717, 1.165) is 5.56 Å². The van der Waals surface area contributed by atoms with Gasteiger partial charge in [0.05, 0.1) is 17.2 Å². The molecule has 0 radical (unpaired) electrons. The highest BCUT2D eigenvalue weighted by Crippen LogP contribution is 2.33. The van der Waals surface area contributed by atoms with Gasteiger partial charge < -0.3 is 14.3 Å². The van der Waals surface area contributed by atoms with Crippen LogP contribution in [-0.2, 0) is 7.05 Å². The van der Waals surface area contributed by atoms with Gasteiger partial charge in [-0.2, -0.15) is 0 Å². The molecule has 4 rings (SSSR count). The lowest BCUT2D eigenvalue weighted by atomic mass is 9.99. The number of fused-ring (bicyclic) bond motifs is 1. The second kappa shape index (κ2) is 8.67. The zero-order valence-electron chi connectivity index (χ0n) is 18.3. The maximum Gasteiger partial charge on any atom is 0.270 e. The highest BCUT2D eigenvalue weighted by Gasteiger charge is 2.35. The van der Waals surface area contributed by atoms with Gasteiger partial charge in [-0.1, -0.05) is 18.7 Å². The summed E-state index contributed by atoms with van der Waals surface area (Å²) in [4.78, 5) is 24.8. The molecule has 3 heterocycles. The molecule has 0 amide bonds. The van der Waals surface area contributed by atoms with E-state index in [1.54, 1.807) is 37.4 Å². The molecule has 1 aromatic carbocycles. The summed E-state index contributed by atoms with van der Waals surface area (Å²) in [5, 5.41) is 0. The van der Waals surface area contributed by atoms with Crippen molar-refractivity contribution in [2.75, 3.05) is 24.7 Å². The minimum absolute atomic E-state index is 0.0276. The van der Waals surface area contributed by atoms with E-state index in [1.165, 1.54) is 16.7 Å². The molecule has 6 nitrogen and oxygen atoms in total. The number of aromatic nitrogens is 2. The fraction of sp³-hybridized carbons (Fsp3) is 0.375. The van der Waals surface area contributed by atoms with Crippen molar-refractivity contribution in [3.63, 3.8) is 0 Å². The van der Waals surface area contributed by atoms with Crippen LogP contribution in [-0.4, -0.2) is 46.3 Å². The minimum atomic E-state index is -0.576. The smallest absolute Gasteiger partial charge is 0.270 e. The molecule has 1 aliphatic heterocycles. The Balaban J connectivity index is 1.70. The van der Waals surface area contributed by atoms with Crippen LogP contribution in [0.4, 0.5) is 20.3 Å². The summed E-state index contributed by atoms with van der Waals surface area (Å²) in [6.45, 7) is 11.9. The minimum Gasteiger partial charge on any atom is -0.362 e. The third-order valence-electron chi connectivity index (χ3n) is 6.31. The predicted molar refractivity (Wildman–Crippen MR) is 121 cm³/mol. The van der Waals surface area contributed by atoms with Gasteiger partial charge in [-0.3, -0.25) is 9.69 Å². The average Bonchev–Trinajstić information content (AvgIpc) is 2.79. The number of benzene rings is 1. The summed E-state index contributed by atoms with van der Waals surface area (Å²) in [5.74, 6) is -0.0769. The lowest BCUT2D eigenvalue weighted by molar-refractivity contribution is 0.0925. The molecular weight excluding hydrogens is 412 g/mol. The van der Waals surface area contributed by atoms with Crippen LogP contribution in [0.1, 0.15) is 25.5 Å². The third-order valence-corrected chi connectivity index (χ3v) is 6.31. The number of rotatable bonds is 4. The Labute approximate surface area is 185 Å². The Morgan fingerprint density at radius 1 is 1.16 bits per heavy atom. The fourth-order valence-corrected chi connectivity index (χ4v) is 4.56. The highest BCUT2D eigenvalue weighted by molar-refractivity contribution is 5.89. The molecule has 2 aromatic heterocycles. The van der Waals surface area contributed by atoms with Gasteiger partial charge in [-0.25, -0.2) is 8.78 Å². The molecule has 0 aliphatic carbocycles. The van der Waals surface area contributed by atoms with E-state index in [2.05, 4.69) is 19.6 Å². The molecular formula is C24H25F2N5O. The van der Waals surface area contributed by atoms with Crippen molar-refractivity contribution in [2.45, 2.75) is 32.0 Å². The van der Waals surface area contributed by atoms with Crippen molar-refractivity contribution < 1.29 is 8.78 Å². The maximum atomic E-state index is 14.1. The van der Waals surface area contributed by atoms with Crippen LogP contribution in [0.15, 0.2) is 47.3 Å². The molecule has 0 spiro atoms. The molecule has 0 bridgehead atoms. The van der Waals surface area contributed by atoms with E-state index in [-0.39, 0.29) is 29.3 Å². The zero-order chi connectivity index (χ0) is 23.0. The van der Waals surface area contributed by atoms with Crippen LogP contribution in [0.3, 0.4) is 0 Å². The van der Waals surface area contributed by atoms with Gasteiger partial charge in [0, 0.05) is 38.3 Å². The normalized spacial score (nSPS) is 20.3. The summed E-state index contributed by atoms with van der Waals surface area (Å²) in [6, 6.07) is 10.4. The highest BCUT2D eigenvalue weighted by atomic mass is 19.1. The molecule has 8 heteroatoms. The number of piperazine rings is 1. The van der Waals surface area contributed by atoms with Gasteiger partial charge in [0.2, 0.25) is 5.52 Å². The lowest BCUT2D eigenvalue weighted by Crippen LogP contribution is -2.57. The Kier molecular flexibility index (Phi) is 5.94. The number of halogens is 2. The van der Waals surface area contributed by atoms with Crippen LogP contribution in [0.2, 0.25) is 0 Å². The van der Waals surface area contributed by atoms with Gasteiger partial charge in [-0.05, 0) is 43.7 Å². The van der Waals surface area contributed by atoms with Crippen LogP contribution < -0.4 is 10.5 Å². The van der Waals surface area contributed by atoms with E-state index >= 15 is 0 Å². The first-order chi connectivity index (χ1) is 15.3. The average molecular weight is 437 g/mol. The summed E-state index contributed by atoms with van der Waals surface area (Å²) < 4.78 is 29.0. The van der Waals surface area contributed by atoms with Crippen LogP contribution in [0, 0.1) is 12.4 Å². The Morgan fingerprint density at radius 2 is 1.88 bits per heavy atom. The number of nitrogens with zero attached hydrogens (tertiary/aromatic N) is 5. The number of pyridine rings is 2. The molecule has 1 fully saturated rings. The SMILES string of the molecule is [C-]#[N+]c1ccc2c(n1)c(N1C[C@@H](C)N(C(CF)c3ccc(F)cc3)C[C@@H]1C)cc(=O)n2C. The van der Waals surface area contributed by atoms with E-state index in [4.69, 9.17) is 6.57 Å². The van der Waals surface area contributed by atoms with Gasteiger partial charge >= 0.3 is 0 Å². The van der Waals surface area contributed by atoms with Gasteiger partial charge in [-0.15, -0.1) is 4.98 Å². The van der Waals surface area contributed by atoms with Crippen LogP contribution in [0.25, 0.3) is 15.9 Å². The van der Waals surface area contributed by atoms with Gasteiger partial charge in [0.25, 0.3) is 11.4 Å². The van der Waals surface area contributed by atoms with E-state index in [9.17, 15) is 13.6 Å². The summed E-state index contributed by atoms with van der Waals surface area (Å²) in [5.41, 5.74) is 2.54. The number of hydrogen-bond donors (Lipinski definition) is 0. The van der Waals surface area contributed by atoms with Crippen molar-refractivity contribution in [3.05, 3.63) is 75.6 Å². The van der Waals surface area contributed by atoms with E-state index in [1.807, 2.05) is 13.8 Å². The second-order valence-electron chi connectivity index (χ2n) is 8.34. The van der Waals surface area contributed by atoms with Crippen molar-refractivity contribution in [3.8, 4) is 0 Å². The largest absolute Gasteiger partial charge is 0.362 e. The maximum absolute atomic E-state index is 14.1. The molecule has 32 heavy (non-hydrogen) atoms. The molecule has 166 valence electrons. The topological polar surface area (TPSA) is 45.7 Å². The first kappa shape index (κ1) is 21.9. The summed E-state index contributed by atoms with van der Waals surface area (Å²) in [6.07, 6.45) is 0. The molecule has 1 saturated heterocycles. The number of hydrogen-bond acceptors (Lipinski definition) is 4. The number of aryl methyl sites for hydroxylation is 1. The third kappa shape index (κ3) is 3.84. The fourth-order valence-electron chi connectivity index (χ4n) is 4.56. The lowest BCUT2D eigenvalue weighted by Gasteiger charge is -2.47. The molecule has 3 atom stereocenters. The molecule has 1 unspecified atom stereocenters. The second-order valence-corrected chi connectivity index (χ2v) is 8.34. The summed E-state index contributed by atoms with van der Waals surface area (Å²) in [7, 11) is 1.69. The summed E-state index contributed by atoms with van der Waals surface area (Å²) >= 11 is 0. The molecule has 1 aliphatic rings. The number of alkyl halides is 1. The zero-order valence-corrected chi connectivity index (χ0v) is 18.3. The standard InChI is InChI=1S/C24H25F2N5O/c1-15-14-31(21(12-25)17-5-7-18(26)8-6-17)16(2)13-30(15)20-11-23(32)29(4)19-9-10-22(27-3)28-24(19)20/h5-11,15-16,21H,12-14H2,1-2,4H3/t15-,16+,21?/m0/s1. The predicted octanol–water partition coefficient (Wildman–Crippen LogP) is 4.23. The molecule has 3 aromatic rings. The monoisotopic (exact) mass is 437 g/mol. The first-order valence-corrected chi connectivity index (χ1v) is 10.6. The van der Waals surface area contributed by atoms with Crippen LogP contribution >= 0.6 is 0 Å². The van der Waals surface area contributed by atoms with Crippen LogP contribution in [0.5, 0.6) is 0 Å². The molecule has 0 saturated carbocycles. The Bertz CT molecular complexity index is 1230. The van der Waals surface area contributed by atoms with Crippen molar-refractivity contribution in [1.82, 2.24) is 14.5 Å². The number of anilines is 1. The van der Waals surface area contributed by atoms with Crippen molar-refractivity contribution in [1.29, 1.82) is 0 Å². The Hall–Kier alpha value is -3.31. The molecule has 0 N–H and O–H groups in total. The quantitative estimate of drug-likeness (QED) is 0.573. The van der Waals surface area contributed by atoms with Gasteiger partial charge in [0.15, 0.2) is 0 Å². The van der Waals surface area contributed by atoms with E-state index in [0.29, 0.717) is 29.8 Å². The van der Waals surface area contributed by atoms with Crippen molar-refractivity contribution >= 4 is 22.5 Å². The van der Waals surface area contributed by atoms with Crippen molar-refractivity contribution in [2.24, 2.45) is 7.05 Å². The van der Waals surface area contributed by atoms with Gasteiger partial charge in [0.1, 0.15) is 12.5 Å².